The van der Waals surface area contributed by atoms with Crippen LogP contribution in [0.2, 0.25) is 0 Å². The molecular formula is C24H34N4O2. The molecule has 1 heterocycles. The molecule has 0 radical (unpaired) electrons. The van der Waals surface area contributed by atoms with Gasteiger partial charge in [-0.05, 0) is 36.6 Å². The molecule has 1 aliphatic rings. The van der Waals surface area contributed by atoms with Gasteiger partial charge in [-0.3, -0.25) is 9.89 Å². The predicted molar refractivity (Wildman–Crippen MR) is 122 cm³/mol. The van der Waals surface area contributed by atoms with Crippen LogP contribution >= 0.6 is 0 Å². The van der Waals surface area contributed by atoms with Crippen molar-refractivity contribution in [2.75, 3.05) is 33.9 Å². The Morgan fingerprint density at radius 2 is 1.97 bits per heavy atom. The molecule has 162 valence electrons. The van der Waals surface area contributed by atoms with Crippen molar-refractivity contribution >= 4 is 5.96 Å². The smallest absolute Gasteiger partial charge is 0.191 e. The average molecular weight is 411 g/mol. The van der Waals surface area contributed by atoms with Crippen LogP contribution in [0.1, 0.15) is 29.2 Å². The van der Waals surface area contributed by atoms with Crippen molar-refractivity contribution < 1.29 is 9.47 Å². The number of benzene rings is 2. The Morgan fingerprint density at radius 3 is 2.73 bits per heavy atom. The Morgan fingerprint density at radius 1 is 1.17 bits per heavy atom. The fourth-order valence-corrected chi connectivity index (χ4v) is 3.71. The maximum atomic E-state index is 5.64. The minimum Gasteiger partial charge on any atom is -0.496 e. The molecule has 1 atom stereocenters. The first-order valence-electron chi connectivity index (χ1n) is 10.6. The molecule has 6 nitrogen and oxygen atoms in total. The van der Waals surface area contributed by atoms with Crippen LogP contribution in [-0.2, 0) is 24.4 Å². The van der Waals surface area contributed by atoms with E-state index >= 15 is 0 Å². The number of methoxy groups -OCH3 is 1. The maximum Gasteiger partial charge on any atom is 0.191 e. The molecule has 1 fully saturated rings. The molecule has 0 saturated carbocycles. The molecule has 2 aromatic rings. The zero-order chi connectivity index (χ0) is 21.3. The molecule has 1 unspecified atom stereocenters. The lowest BCUT2D eigenvalue weighted by Crippen LogP contribution is -2.40. The predicted octanol–water partition coefficient (Wildman–Crippen LogP) is 3.09. The fourth-order valence-electron chi connectivity index (χ4n) is 3.71. The number of morpholine rings is 1. The van der Waals surface area contributed by atoms with Gasteiger partial charge >= 0.3 is 0 Å². The van der Waals surface area contributed by atoms with Gasteiger partial charge in [0, 0.05) is 45.3 Å². The van der Waals surface area contributed by atoms with Crippen LogP contribution < -0.4 is 15.4 Å². The van der Waals surface area contributed by atoms with E-state index in [0.717, 1.165) is 50.1 Å². The summed E-state index contributed by atoms with van der Waals surface area (Å²) in [4.78, 5) is 6.80. The molecule has 0 aromatic heterocycles. The third-order valence-corrected chi connectivity index (χ3v) is 5.30. The van der Waals surface area contributed by atoms with Gasteiger partial charge in [-0.2, -0.15) is 0 Å². The van der Waals surface area contributed by atoms with E-state index in [4.69, 9.17) is 9.47 Å². The molecule has 1 aliphatic heterocycles. The van der Waals surface area contributed by atoms with Crippen molar-refractivity contribution in [2.45, 2.75) is 39.6 Å². The standard InChI is InChI=1S/C24H34N4O2/c1-18-8-9-22(23(12-18)29-4)15-27-24(25-3)26-14-20-6-5-7-21(13-20)17-28-10-11-30-19(2)16-28/h5-9,12-13,19H,10-11,14-17H2,1-4H3,(H2,25,26,27). The average Bonchev–Trinajstić information content (AvgIpc) is 2.75. The second-order valence-electron chi connectivity index (χ2n) is 7.83. The van der Waals surface area contributed by atoms with Gasteiger partial charge in [0.2, 0.25) is 0 Å². The molecule has 0 spiro atoms. The second kappa shape index (κ2) is 11.0. The fraction of sp³-hybridized carbons (Fsp3) is 0.458. The number of guanidine groups is 1. The summed E-state index contributed by atoms with van der Waals surface area (Å²) in [6.07, 6.45) is 0.310. The van der Waals surface area contributed by atoms with Crippen molar-refractivity contribution in [3.05, 3.63) is 64.7 Å². The maximum absolute atomic E-state index is 5.64. The van der Waals surface area contributed by atoms with Crippen LogP contribution in [0.4, 0.5) is 0 Å². The van der Waals surface area contributed by atoms with Crippen molar-refractivity contribution in [3.63, 3.8) is 0 Å². The number of nitrogens with one attached hydrogen (secondary N) is 2. The number of aryl methyl sites for hydroxylation is 1. The van der Waals surface area contributed by atoms with Crippen LogP contribution in [0.25, 0.3) is 0 Å². The van der Waals surface area contributed by atoms with Crippen LogP contribution in [-0.4, -0.2) is 50.8 Å². The van der Waals surface area contributed by atoms with Crippen molar-refractivity contribution in [1.82, 2.24) is 15.5 Å². The number of nitrogens with zero attached hydrogens (tertiary/aromatic N) is 2. The van der Waals surface area contributed by atoms with Gasteiger partial charge in [-0.1, -0.05) is 36.4 Å². The molecule has 30 heavy (non-hydrogen) atoms. The molecule has 0 amide bonds. The molecule has 2 aromatic carbocycles. The molecule has 2 N–H and O–H groups in total. The van der Waals surface area contributed by atoms with Gasteiger partial charge < -0.3 is 20.1 Å². The highest BCUT2D eigenvalue weighted by molar-refractivity contribution is 5.79. The summed E-state index contributed by atoms with van der Waals surface area (Å²) in [6, 6.07) is 15.0. The zero-order valence-corrected chi connectivity index (χ0v) is 18.6. The van der Waals surface area contributed by atoms with E-state index in [0.29, 0.717) is 12.6 Å². The Hall–Kier alpha value is -2.57. The highest BCUT2D eigenvalue weighted by Crippen LogP contribution is 2.19. The van der Waals surface area contributed by atoms with Gasteiger partial charge in [0.05, 0.1) is 19.8 Å². The highest BCUT2D eigenvalue weighted by atomic mass is 16.5. The Balaban J connectivity index is 1.52. The van der Waals surface area contributed by atoms with E-state index in [-0.39, 0.29) is 0 Å². The summed E-state index contributed by atoms with van der Waals surface area (Å²) >= 11 is 0. The minimum atomic E-state index is 0.310. The summed E-state index contributed by atoms with van der Waals surface area (Å²) in [5, 5.41) is 6.78. The zero-order valence-electron chi connectivity index (χ0n) is 18.6. The normalized spacial score (nSPS) is 17.6. The summed E-state index contributed by atoms with van der Waals surface area (Å²) in [6.45, 7) is 9.33. The van der Waals surface area contributed by atoms with Crippen molar-refractivity contribution in [1.29, 1.82) is 0 Å². The number of rotatable bonds is 7. The molecule has 1 saturated heterocycles. The third kappa shape index (κ3) is 6.47. The molecule has 0 aliphatic carbocycles. The lowest BCUT2D eigenvalue weighted by Gasteiger charge is -2.31. The topological polar surface area (TPSA) is 58.1 Å². The summed E-state index contributed by atoms with van der Waals surface area (Å²) in [5.74, 6) is 1.66. The summed E-state index contributed by atoms with van der Waals surface area (Å²) < 4.78 is 11.1. The molecule has 6 heteroatoms. The van der Waals surface area contributed by atoms with Crippen LogP contribution in [0.3, 0.4) is 0 Å². The summed E-state index contributed by atoms with van der Waals surface area (Å²) in [7, 11) is 3.49. The van der Waals surface area contributed by atoms with E-state index in [9.17, 15) is 0 Å². The molecular weight excluding hydrogens is 376 g/mol. The van der Waals surface area contributed by atoms with Crippen molar-refractivity contribution in [2.24, 2.45) is 4.99 Å². The lowest BCUT2D eigenvalue weighted by molar-refractivity contribution is -0.0212. The van der Waals surface area contributed by atoms with Gasteiger partial charge in [-0.25, -0.2) is 0 Å². The monoisotopic (exact) mass is 410 g/mol. The van der Waals surface area contributed by atoms with Crippen LogP contribution in [0.5, 0.6) is 5.75 Å². The first-order chi connectivity index (χ1) is 14.6. The number of hydrogen-bond donors (Lipinski definition) is 2. The van der Waals surface area contributed by atoms with E-state index in [2.05, 4.69) is 70.8 Å². The molecule has 0 bridgehead atoms. The van der Waals surface area contributed by atoms with Crippen LogP contribution in [0.15, 0.2) is 47.5 Å². The number of ether oxygens (including phenoxy) is 2. The first-order valence-corrected chi connectivity index (χ1v) is 10.6. The van der Waals surface area contributed by atoms with Gasteiger partial charge in [-0.15, -0.1) is 0 Å². The van der Waals surface area contributed by atoms with Gasteiger partial charge in [0.1, 0.15) is 5.75 Å². The van der Waals surface area contributed by atoms with E-state index in [1.807, 2.05) is 6.07 Å². The molecule has 3 rings (SSSR count). The Labute approximate surface area is 180 Å². The minimum absolute atomic E-state index is 0.310. The summed E-state index contributed by atoms with van der Waals surface area (Å²) in [5.41, 5.74) is 4.86. The van der Waals surface area contributed by atoms with Crippen molar-refractivity contribution in [3.8, 4) is 5.75 Å². The largest absolute Gasteiger partial charge is 0.496 e. The van der Waals surface area contributed by atoms with E-state index in [1.165, 1.54) is 16.7 Å². The van der Waals surface area contributed by atoms with Crippen LogP contribution in [0, 0.1) is 6.92 Å². The Bertz CT molecular complexity index is 853. The Kier molecular flexibility index (Phi) is 8.11. The first kappa shape index (κ1) is 22.1. The lowest BCUT2D eigenvalue weighted by atomic mass is 10.1. The van der Waals surface area contributed by atoms with Gasteiger partial charge in [0.15, 0.2) is 5.96 Å². The van der Waals surface area contributed by atoms with E-state index in [1.54, 1.807) is 14.2 Å². The second-order valence-corrected chi connectivity index (χ2v) is 7.83. The number of aliphatic imine (C=N–C) groups is 1. The number of hydrogen-bond acceptors (Lipinski definition) is 4. The third-order valence-electron chi connectivity index (χ3n) is 5.30. The van der Waals surface area contributed by atoms with E-state index < -0.39 is 0 Å². The van der Waals surface area contributed by atoms with Gasteiger partial charge in [0.25, 0.3) is 0 Å². The highest BCUT2D eigenvalue weighted by Gasteiger charge is 2.16. The quantitative estimate of drug-likeness (QED) is 0.543. The SMILES string of the molecule is CN=C(NCc1cccc(CN2CCOC(C)C2)c1)NCc1ccc(C)cc1OC.